The van der Waals surface area contributed by atoms with Crippen molar-refractivity contribution in [1.82, 2.24) is 20.4 Å². The van der Waals surface area contributed by atoms with Gasteiger partial charge in [-0.15, -0.1) is 10.2 Å². The molecule has 2 aromatic rings. The lowest BCUT2D eigenvalue weighted by Gasteiger charge is -2.30. The van der Waals surface area contributed by atoms with Crippen molar-refractivity contribution >= 4 is 22.5 Å². The molecule has 2 heterocycles. The maximum atomic E-state index is 11.8. The fourth-order valence-corrected chi connectivity index (χ4v) is 3.36. The lowest BCUT2D eigenvalue weighted by atomic mass is 10.00. The summed E-state index contributed by atoms with van der Waals surface area (Å²) < 4.78 is 0. The van der Waals surface area contributed by atoms with Gasteiger partial charge in [-0.3, -0.25) is 10.2 Å². The van der Waals surface area contributed by atoms with Crippen molar-refractivity contribution in [3.8, 4) is 0 Å². The van der Waals surface area contributed by atoms with Crippen LogP contribution in [0.1, 0.15) is 16.1 Å². The van der Waals surface area contributed by atoms with Gasteiger partial charge in [0.25, 0.3) is 0 Å². The first kappa shape index (κ1) is 16.8. The molecule has 0 bridgehead atoms. The van der Waals surface area contributed by atoms with Crippen molar-refractivity contribution in [2.45, 2.75) is 26.0 Å². The van der Waals surface area contributed by atoms with Crippen LogP contribution in [0, 0.1) is 6.92 Å². The minimum atomic E-state index is -0.614. The molecule has 3 rings (SSSR count). The van der Waals surface area contributed by atoms with Gasteiger partial charge >= 0.3 is 6.03 Å². The summed E-state index contributed by atoms with van der Waals surface area (Å²) in [6.07, 6.45) is 0.380. The molecular formula is C16H21N5O2S. The van der Waals surface area contributed by atoms with Gasteiger partial charge in [-0.1, -0.05) is 35.6 Å². The highest BCUT2D eigenvalue weighted by Crippen LogP contribution is 2.18. The van der Waals surface area contributed by atoms with E-state index in [1.807, 2.05) is 13.0 Å². The van der Waals surface area contributed by atoms with Crippen LogP contribution >= 0.6 is 11.3 Å². The monoisotopic (exact) mass is 347 g/mol. The molecule has 7 nitrogen and oxygen atoms in total. The number of hydrogen-bond donors (Lipinski definition) is 3. The second-order valence-corrected chi connectivity index (χ2v) is 7.05. The Balaban J connectivity index is 1.41. The number of rotatable bonds is 5. The molecule has 8 heteroatoms. The smallest absolute Gasteiger partial charge is 0.321 e. The molecular weight excluding hydrogens is 326 g/mol. The molecule has 0 spiro atoms. The molecule has 0 saturated heterocycles. The molecule has 1 aromatic heterocycles. The summed E-state index contributed by atoms with van der Waals surface area (Å²) in [7, 11) is 0. The number of hydrogen-bond acceptors (Lipinski definition) is 6. The van der Waals surface area contributed by atoms with Gasteiger partial charge in [0, 0.05) is 26.2 Å². The molecule has 128 valence electrons. The van der Waals surface area contributed by atoms with Gasteiger partial charge in [0.1, 0.15) is 5.01 Å². The molecule has 1 atom stereocenters. The highest BCUT2D eigenvalue weighted by atomic mass is 32.1. The van der Waals surface area contributed by atoms with Crippen molar-refractivity contribution in [3.05, 3.63) is 40.4 Å². The second-order valence-electron chi connectivity index (χ2n) is 5.87. The van der Waals surface area contributed by atoms with Crippen LogP contribution in [0.5, 0.6) is 0 Å². The summed E-state index contributed by atoms with van der Waals surface area (Å²) in [6.45, 7) is 4.31. The molecule has 24 heavy (non-hydrogen) atoms. The Labute approximate surface area is 144 Å². The number of nitrogens with zero attached hydrogens (tertiary/aromatic N) is 3. The number of aliphatic hydroxyl groups is 1. The third-order valence-corrected chi connectivity index (χ3v) is 4.68. The number of aromatic nitrogens is 2. The van der Waals surface area contributed by atoms with E-state index < -0.39 is 6.10 Å². The van der Waals surface area contributed by atoms with Crippen molar-refractivity contribution in [2.75, 3.05) is 25.0 Å². The molecule has 1 aliphatic heterocycles. The van der Waals surface area contributed by atoms with Gasteiger partial charge in [-0.2, -0.15) is 0 Å². The number of fused-ring (bicyclic) bond motifs is 1. The van der Waals surface area contributed by atoms with E-state index in [0.29, 0.717) is 11.7 Å². The Bertz CT molecular complexity index is 705. The minimum absolute atomic E-state index is 0.196. The third kappa shape index (κ3) is 4.50. The fourth-order valence-electron chi connectivity index (χ4n) is 2.77. The maximum absolute atomic E-state index is 11.8. The van der Waals surface area contributed by atoms with Crippen LogP contribution in [-0.2, 0) is 13.0 Å². The maximum Gasteiger partial charge on any atom is 0.321 e. The zero-order chi connectivity index (χ0) is 16.9. The highest BCUT2D eigenvalue weighted by molar-refractivity contribution is 7.15. The standard InChI is InChI=1S/C16H21N5O2S/c1-11-19-20-16(24-11)18-15(23)17-8-14(22)10-21-7-6-12-4-2-3-5-13(12)9-21/h2-5,14,22H,6-10H2,1H3,(H2,17,18,20,23)/t14-/m1/s1. The Kier molecular flexibility index (Phi) is 5.39. The van der Waals surface area contributed by atoms with Crippen molar-refractivity contribution in [1.29, 1.82) is 0 Å². The molecule has 2 amide bonds. The average molecular weight is 347 g/mol. The quantitative estimate of drug-likeness (QED) is 0.760. The van der Waals surface area contributed by atoms with E-state index >= 15 is 0 Å². The number of carbonyl (C=O) groups is 1. The number of benzene rings is 1. The van der Waals surface area contributed by atoms with E-state index in [9.17, 15) is 9.90 Å². The van der Waals surface area contributed by atoms with Crippen molar-refractivity contribution in [2.24, 2.45) is 0 Å². The SMILES string of the molecule is Cc1nnc(NC(=O)NC[C@@H](O)CN2CCc3ccccc3C2)s1. The number of amides is 2. The third-order valence-electron chi connectivity index (χ3n) is 3.92. The van der Waals surface area contributed by atoms with Crippen LogP contribution in [0.15, 0.2) is 24.3 Å². The molecule has 0 radical (unpaired) electrons. The lowest BCUT2D eigenvalue weighted by molar-refractivity contribution is 0.106. The number of nitrogens with one attached hydrogen (secondary N) is 2. The van der Waals surface area contributed by atoms with E-state index in [1.54, 1.807) is 0 Å². The van der Waals surface area contributed by atoms with E-state index in [4.69, 9.17) is 0 Å². The number of β-amino-alcohol motifs (C(OH)–C–C–N with tert-alkyl or cyclic N) is 1. The number of anilines is 1. The summed E-state index contributed by atoms with van der Waals surface area (Å²) in [4.78, 5) is 14.0. The number of carbonyl (C=O) groups excluding carboxylic acids is 1. The first-order chi connectivity index (χ1) is 11.6. The predicted octanol–water partition coefficient (Wildman–Crippen LogP) is 1.39. The first-order valence-electron chi connectivity index (χ1n) is 7.92. The van der Waals surface area contributed by atoms with Gasteiger partial charge in [0.2, 0.25) is 5.13 Å². The zero-order valence-corrected chi connectivity index (χ0v) is 14.3. The Morgan fingerprint density at radius 1 is 1.38 bits per heavy atom. The minimum Gasteiger partial charge on any atom is -0.390 e. The summed E-state index contributed by atoms with van der Waals surface area (Å²) in [6, 6.07) is 8.01. The van der Waals surface area contributed by atoms with E-state index in [0.717, 1.165) is 24.5 Å². The van der Waals surface area contributed by atoms with Crippen molar-refractivity contribution in [3.63, 3.8) is 0 Å². The number of urea groups is 1. The van der Waals surface area contributed by atoms with Crippen LogP contribution in [0.4, 0.5) is 9.93 Å². The zero-order valence-electron chi connectivity index (χ0n) is 13.5. The first-order valence-corrected chi connectivity index (χ1v) is 8.74. The van der Waals surface area contributed by atoms with Crippen LogP contribution in [-0.4, -0.2) is 52.0 Å². The van der Waals surface area contributed by atoms with Gasteiger partial charge < -0.3 is 10.4 Å². The summed E-state index contributed by atoms with van der Waals surface area (Å²) in [5.41, 5.74) is 2.70. The molecule has 0 saturated carbocycles. The summed E-state index contributed by atoms with van der Waals surface area (Å²) in [5, 5.41) is 24.3. The topological polar surface area (TPSA) is 90.4 Å². The number of aliphatic hydroxyl groups excluding tert-OH is 1. The van der Waals surface area contributed by atoms with E-state index in [1.165, 1.54) is 22.5 Å². The number of aryl methyl sites for hydroxylation is 1. The van der Waals surface area contributed by atoms with Crippen LogP contribution < -0.4 is 10.6 Å². The van der Waals surface area contributed by atoms with Crippen LogP contribution in [0.2, 0.25) is 0 Å². The van der Waals surface area contributed by atoms with Crippen LogP contribution in [0.3, 0.4) is 0 Å². The lowest BCUT2D eigenvalue weighted by Crippen LogP contribution is -2.42. The molecule has 0 fully saturated rings. The Morgan fingerprint density at radius 3 is 2.92 bits per heavy atom. The highest BCUT2D eigenvalue weighted by Gasteiger charge is 2.18. The van der Waals surface area contributed by atoms with E-state index in [-0.39, 0.29) is 12.6 Å². The molecule has 3 N–H and O–H groups in total. The van der Waals surface area contributed by atoms with Crippen LogP contribution in [0.25, 0.3) is 0 Å². The van der Waals surface area contributed by atoms with Gasteiger partial charge in [0.15, 0.2) is 0 Å². The Hall–Kier alpha value is -2.03. The summed E-state index contributed by atoms with van der Waals surface area (Å²) in [5.74, 6) is 0. The largest absolute Gasteiger partial charge is 0.390 e. The molecule has 1 aliphatic rings. The second kappa shape index (κ2) is 7.69. The Morgan fingerprint density at radius 2 is 2.17 bits per heavy atom. The molecule has 1 aromatic carbocycles. The van der Waals surface area contributed by atoms with E-state index in [2.05, 4.69) is 43.9 Å². The van der Waals surface area contributed by atoms with Gasteiger partial charge in [0.05, 0.1) is 6.10 Å². The normalized spacial score (nSPS) is 15.6. The van der Waals surface area contributed by atoms with Gasteiger partial charge in [-0.05, 0) is 24.5 Å². The predicted molar refractivity (Wildman–Crippen MR) is 93.1 cm³/mol. The fraction of sp³-hybridized carbons (Fsp3) is 0.438. The molecule has 0 aliphatic carbocycles. The average Bonchev–Trinajstić information content (AvgIpc) is 2.98. The summed E-state index contributed by atoms with van der Waals surface area (Å²) >= 11 is 1.31. The molecule has 0 unspecified atom stereocenters. The van der Waals surface area contributed by atoms with Gasteiger partial charge in [-0.25, -0.2) is 4.79 Å². The van der Waals surface area contributed by atoms with Crippen molar-refractivity contribution < 1.29 is 9.90 Å².